The minimum atomic E-state index is -0.823. The van der Waals surface area contributed by atoms with E-state index in [2.05, 4.69) is 11.9 Å². The summed E-state index contributed by atoms with van der Waals surface area (Å²) in [6, 6.07) is 5.25. The number of likely N-dealkylation sites (tertiary alicyclic amines) is 1. The number of amides is 1. The Morgan fingerprint density at radius 2 is 1.97 bits per heavy atom. The van der Waals surface area contributed by atoms with Gasteiger partial charge in [-0.25, -0.2) is 0 Å². The molecule has 1 aromatic heterocycles. The highest BCUT2D eigenvalue weighted by Crippen LogP contribution is 2.67. The molecule has 2 fully saturated rings. The molecule has 0 radical (unpaired) electrons. The molecule has 1 unspecified atom stereocenters. The van der Waals surface area contributed by atoms with Gasteiger partial charge in [-0.15, -0.1) is 0 Å². The van der Waals surface area contributed by atoms with Crippen molar-refractivity contribution in [3.8, 4) is 11.5 Å². The minimum Gasteiger partial charge on any atom is -0.483 e. The number of rotatable bonds is 5. The molecule has 2 aromatic rings. The number of ether oxygens (including phenoxy) is 3. The highest BCUT2D eigenvalue weighted by molar-refractivity contribution is 5.92. The van der Waals surface area contributed by atoms with Crippen molar-refractivity contribution in [2.24, 2.45) is 0 Å². The van der Waals surface area contributed by atoms with Crippen molar-refractivity contribution >= 4 is 23.9 Å². The number of hydrogen-bond donors (Lipinski definition) is 0. The van der Waals surface area contributed by atoms with Crippen molar-refractivity contribution in [2.45, 2.75) is 68.7 Å². The van der Waals surface area contributed by atoms with Crippen LogP contribution in [0, 0.1) is 0 Å². The van der Waals surface area contributed by atoms with Crippen molar-refractivity contribution in [1.82, 2.24) is 9.80 Å². The summed E-state index contributed by atoms with van der Waals surface area (Å²) in [7, 11) is 3.87. The zero-order chi connectivity index (χ0) is 26.8. The van der Waals surface area contributed by atoms with Crippen LogP contribution in [0.1, 0.15) is 49.8 Å². The molecule has 2 bridgehead atoms. The summed E-state index contributed by atoms with van der Waals surface area (Å²) in [5.74, 6) is -0.0328. The van der Waals surface area contributed by atoms with Gasteiger partial charge in [-0.05, 0) is 63.0 Å². The molecule has 9 heteroatoms. The zero-order valence-corrected chi connectivity index (χ0v) is 22.1. The standard InChI is InChI=1S/C29H32N2O7/c1-17(32)36-22-7-6-20-15-23-29(38-18(2)33)11-9-21(31(4)24(34)8-5-19-10-14-35-16-19)27-28(29,12-13-30(23)3)25(20)26(22)37-27/h5-8,10,14,16,21,23,27H,9,11-13,15H2,1-4H3/b8-5+/t21-,23-,27+,28+,29?/m1/s1. The van der Waals surface area contributed by atoms with Crippen LogP contribution in [0.4, 0.5) is 0 Å². The molecule has 3 heterocycles. The number of esters is 2. The van der Waals surface area contributed by atoms with Gasteiger partial charge in [0.2, 0.25) is 5.91 Å². The van der Waals surface area contributed by atoms with Gasteiger partial charge >= 0.3 is 11.9 Å². The van der Waals surface area contributed by atoms with Gasteiger partial charge < -0.3 is 23.5 Å². The van der Waals surface area contributed by atoms with Crippen molar-refractivity contribution in [2.75, 3.05) is 20.6 Å². The molecule has 4 aliphatic rings. The Morgan fingerprint density at radius 1 is 1.16 bits per heavy atom. The fourth-order valence-electron chi connectivity index (χ4n) is 7.60. The van der Waals surface area contributed by atoms with E-state index < -0.39 is 23.1 Å². The predicted octanol–water partition coefficient (Wildman–Crippen LogP) is 3.10. The molecule has 6 rings (SSSR count). The van der Waals surface area contributed by atoms with Gasteiger partial charge in [0.05, 0.1) is 30.0 Å². The summed E-state index contributed by atoms with van der Waals surface area (Å²) >= 11 is 0. The number of benzene rings is 1. The highest BCUT2D eigenvalue weighted by Gasteiger charge is 2.75. The summed E-state index contributed by atoms with van der Waals surface area (Å²) in [5.41, 5.74) is 1.36. The van der Waals surface area contributed by atoms with Crippen LogP contribution in [0.5, 0.6) is 11.5 Å². The molecule has 1 amide bonds. The molecule has 1 saturated carbocycles. The third-order valence-electron chi connectivity index (χ3n) is 9.03. The number of piperidine rings is 1. The van der Waals surface area contributed by atoms with Crippen molar-refractivity contribution in [3.63, 3.8) is 0 Å². The van der Waals surface area contributed by atoms with Crippen LogP contribution >= 0.6 is 0 Å². The Morgan fingerprint density at radius 3 is 2.68 bits per heavy atom. The summed E-state index contributed by atoms with van der Waals surface area (Å²) in [6.45, 7) is 3.61. The smallest absolute Gasteiger partial charge is 0.308 e. The largest absolute Gasteiger partial charge is 0.483 e. The van der Waals surface area contributed by atoms with Gasteiger partial charge in [0, 0.05) is 38.1 Å². The van der Waals surface area contributed by atoms with Crippen LogP contribution in [0.25, 0.3) is 6.08 Å². The second-order valence-electron chi connectivity index (χ2n) is 10.9. The average Bonchev–Trinajstić information content (AvgIpc) is 3.51. The molecule has 200 valence electrons. The Balaban J connectivity index is 1.48. The molecule has 0 N–H and O–H groups in total. The first-order chi connectivity index (χ1) is 18.2. The van der Waals surface area contributed by atoms with Gasteiger partial charge in [0.25, 0.3) is 0 Å². The van der Waals surface area contributed by atoms with Gasteiger partial charge in [0.1, 0.15) is 11.7 Å². The molecule has 1 aromatic carbocycles. The van der Waals surface area contributed by atoms with E-state index >= 15 is 0 Å². The first-order valence-corrected chi connectivity index (χ1v) is 13.1. The SMILES string of the molecule is CC(=O)Oc1ccc2c3c1O[C@H]1[C@H](N(C)C(=O)/C=C/c4ccoc4)CCC4(OC(C)=O)[C@@H](C2)N(C)CC[C@]314. The number of hydrogen-bond acceptors (Lipinski definition) is 8. The lowest BCUT2D eigenvalue weighted by atomic mass is 9.48. The molecule has 5 atom stereocenters. The number of carbonyl (C=O) groups excluding carboxylic acids is 3. The van der Waals surface area contributed by atoms with Crippen LogP contribution in [-0.4, -0.2) is 72.1 Å². The van der Waals surface area contributed by atoms with E-state index in [-0.39, 0.29) is 24.0 Å². The van der Waals surface area contributed by atoms with Crippen molar-refractivity contribution in [3.05, 3.63) is 53.5 Å². The Bertz CT molecular complexity index is 1330. The number of nitrogens with zero attached hydrogens (tertiary/aromatic N) is 2. The van der Waals surface area contributed by atoms with E-state index in [1.54, 1.807) is 42.7 Å². The van der Waals surface area contributed by atoms with Crippen LogP contribution in [-0.2, 0) is 31.0 Å². The second-order valence-corrected chi connectivity index (χ2v) is 10.9. The maximum absolute atomic E-state index is 13.3. The van der Waals surface area contributed by atoms with Crippen LogP contribution < -0.4 is 9.47 Å². The molecular formula is C29H32N2O7. The number of likely N-dealkylation sites (N-methyl/N-ethyl adjacent to an activating group) is 2. The van der Waals surface area contributed by atoms with E-state index in [1.165, 1.54) is 19.9 Å². The molecular weight excluding hydrogens is 488 g/mol. The molecule has 1 saturated heterocycles. The molecule has 38 heavy (non-hydrogen) atoms. The minimum absolute atomic E-state index is 0.0350. The lowest BCUT2D eigenvalue weighted by molar-refractivity contribution is -0.220. The van der Waals surface area contributed by atoms with Crippen molar-refractivity contribution in [1.29, 1.82) is 0 Å². The summed E-state index contributed by atoms with van der Waals surface area (Å²) in [5, 5.41) is 0. The summed E-state index contributed by atoms with van der Waals surface area (Å²) in [6.07, 6.45) is 8.48. The summed E-state index contributed by atoms with van der Waals surface area (Å²) < 4.78 is 23.8. The first-order valence-electron chi connectivity index (χ1n) is 13.1. The lowest BCUT2D eigenvalue weighted by Gasteiger charge is -2.65. The molecule has 2 aliphatic heterocycles. The summed E-state index contributed by atoms with van der Waals surface area (Å²) in [4.78, 5) is 42.0. The lowest BCUT2D eigenvalue weighted by Crippen LogP contribution is -2.78. The second kappa shape index (κ2) is 8.73. The van der Waals surface area contributed by atoms with E-state index in [0.29, 0.717) is 37.2 Å². The Hall–Kier alpha value is -3.59. The number of furan rings is 1. The van der Waals surface area contributed by atoms with E-state index in [1.807, 2.05) is 6.07 Å². The monoisotopic (exact) mass is 520 g/mol. The average molecular weight is 521 g/mol. The topological polar surface area (TPSA) is 98.5 Å². The highest BCUT2D eigenvalue weighted by atomic mass is 16.6. The van der Waals surface area contributed by atoms with Gasteiger partial charge in [-0.1, -0.05) is 6.07 Å². The van der Waals surface area contributed by atoms with E-state index in [4.69, 9.17) is 18.6 Å². The molecule has 9 nitrogen and oxygen atoms in total. The van der Waals surface area contributed by atoms with Crippen LogP contribution in [0.2, 0.25) is 0 Å². The van der Waals surface area contributed by atoms with Gasteiger partial charge in [-0.3, -0.25) is 19.3 Å². The number of carbonyl (C=O) groups is 3. The van der Waals surface area contributed by atoms with Crippen molar-refractivity contribution < 1.29 is 33.0 Å². The van der Waals surface area contributed by atoms with E-state index in [9.17, 15) is 14.4 Å². The fraction of sp³-hybridized carbons (Fsp3) is 0.483. The third-order valence-corrected chi connectivity index (χ3v) is 9.03. The van der Waals surface area contributed by atoms with Gasteiger partial charge in [-0.2, -0.15) is 0 Å². The molecule has 2 aliphatic carbocycles. The Kier molecular flexibility index (Phi) is 5.68. The van der Waals surface area contributed by atoms with Crippen LogP contribution in [0.15, 0.2) is 41.2 Å². The maximum atomic E-state index is 13.3. The normalized spacial score (nSPS) is 30.9. The quantitative estimate of drug-likeness (QED) is 0.337. The maximum Gasteiger partial charge on any atom is 0.308 e. The van der Waals surface area contributed by atoms with Crippen LogP contribution in [0.3, 0.4) is 0 Å². The Labute approximate surface area is 221 Å². The fourth-order valence-corrected chi connectivity index (χ4v) is 7.60. The van der Waals surface area contributed by atoms with E-state index in [0.717, 1.165) is 23.2 Å². The zero-order valence-electron chi connectivity index (χ0n) is 22.1. The first kappa shape index (κ1) is 24.7. The predicted molar refractivity (Wildman–Crippen MR) is 137 cm³/mol. The van der Waals surface area contributed by atoms with Gasteiger partial charge in [0.15, 0.2) is 11.5 Å². The third kappa shape index (κ3) is 3.37. The molecule has 1 spiro atoms.